The predicted molar refractivity (Wildman–Crippen MR) is 103 cm³/mol. The Morgan fingerprint density at radius 2 is 1.89 bits per heavy atom. The number of nitrogens with zero attached hydrogens (tertiary/aromatic N) is 1. The highest BCUT2D eigenvalue weighted by atomic mass is 79.9. The lowest BCUT2D eigenvalue weighted by molar-refractivity contribution is 0.0732. The van der Waals surface area contributed by atoms with E-state index in [1.807, 2.05) is 12.1 Å². The van der Waals surface area contributed by atoms with E-state index in [4.69, 9.17) is 13.9 Å². The summed E-state index contributed by atoms with van der Waals surface area (Å²) in [6.07, 6.45) is 1.61. The first-order valence-corrected chi connectivity index (χ1v) is 8.73. The number of pyridine rings is 1. The van der Waals surface area contributed by atoms with Crippen LogP contribution in [0.2, 0.25) is 0 Å². The molecule has 0 spiro atoms. The maximum atomic E-state index is 12.6. The van der Waals surface area contributed by atoms with Gasteiger partial charge in [-0.2, -0.15) is 0 Å². The Morgan fingerprint density at radius 3 is 2.70 bits per heavy atom. The number of para-hydroxylation sites is 1. The molecule has 0 amide bonds. The fourth-order valence-electron chi connectivity index (χ4n) is 2.77. The van der Waals surface area contributed by atoms with Crippen LogP contribution in [0.15, 0.2) is 68.4 Å². The zero-order valence-corrected chi connectivity index (χ0v) is 15.6. The van der Waals surface area contributed by atoms with Crippen molar-refractivity contribution < 1.29 is 18.7 Å². The lowest BCUT2D eigenvalue weighted by Crippen LogP contribution is -2.19. The highest BCUT2D eigenvalue weighted by molar-refractivity contribution is 9.10. The van der Waals surface area contributed by atoms with Crippen LogP contribution in [-0.4, -0.2) is 18.1 Å². The van der Waals surface area contributed by atoms with Gasteiger partial charge in [0.2, 0.25) is 0 Å². The van der Waals surface area contributed by atoms with Crippen molar-refractivity contribution in [3.8, 4) is 11.5 Å². The Hall–Kier alpha value is -3.19. The summed E-state index contributed by atoms with van der Waals surface area (Å²) in [5.74, 6) is -0.165. The lowest BCUT2D eigenvalue weighted by Gasteiger charge is -2.08. The van der Waals surface area contributed by atoms with E-state index in [1.165, 1.54) is 13.2 Å². The molecule has 134 valence electrons. The molecule has 0 aliphatic heterocycles. The molecule has 2 aromatic carbocycles. The summed E-state index contributed by atoms with van der Waals surface area (Å²) in [6, 6.07) is 13.7. The van der Waals surface area contributed by atoms with Crippen LogP contribution in [0, 0.1) is 0 Å². The van der Waals surface area contributed by atoms with Crippen molar-refractivity contribution in [3.05, 3.63) is 75.2 Å². The summed E-state index contributed by atoms with van der Waals surface area (Å²) in [6.45, 7) is 0. The molecule has 0 N–H and O–H groups in total. The third-order valence-electron chi connectivity index (χ3n) is 4.00. The molecule has 0 saturated carbocycles. The molecular formula is C20H12BrNO5. The summed E-state index contributed by atoms with van der Waals surface area (Å²) < 4.78 is 16.7. The molecule has 0 saturated heterocycles. The monoisotopic (exact) mass is 425 g/mol. The van der Waals surface area contributed by atoms with E-state index in [0.717, 1.165) is 9.86 Å². The smallest absolute Gasteiger partial charge is 0.351 e. The minimum absolute atomic E-state index is 0.212. The fourth-order valence-corrected chi connectivity index (χ4v) is 3.23. The Morgan fingerprint density at radius 1 is 1.07 bits per heavy atom. The predicted octanol–water partition coefficient (Wildman–Crippen LogP) is 4.33. The number of fused-ring (bicyclic) bond motifs is 2. The summed E-state index contributed by atoms with van der Waals surface area (Å²) in [4.78, 5) is 29.2. The molecule has 4 rings (SSSR count). The number of hydrogen-bond acceptors (Lipinski definition) is 6. The Balaban J connectivity index is 1.78. The second-order valence-corrected chi connectivity index (χ2v) is 6.61. The average Bonchev–Trinajstić information content (AvgIpc) is 2.67. The molecule has 0 aliphatic rings. The summed E-state index contributed by atoms with van der Waals surface area (Å²) in [7, 11) is 1.47. The van der Waals surface area contributed by atoms with Crippen molar-refractivity contribution in [2.45, 2.75) is 0 Å². The van der Waals surface area contributed by atoms with Crippen molar-refractivity contribution in [1.82, 2.24) is 4.98 Å². The molecule has 0 aliphatic carbocycles. The van der Waals surface area contributed by atoms with Crippen LogP contribution in [0.3, 0.4) is 0 Å². The maximum absolute atomic E-state index is 12.6. The van der Waals surface area contributed by atoms with Gasteiger partial charge in [-0.05, 0) is 30.3 Å². The number of carbonyl (C=O) groups excluding carboxylic acids is 1. The van der Waals surface area contributed by atoms with E-state index in [9.17, 15) is 9.59 Å². The minimum atomic E-state index is -0.817. The number of benzene rings is 2. The number of halogens is 1. The summed E-state index contributed by atoms with van der Waals surface area (Å²) in [5, 5.41) is 1.35. The van der Waals surface area contributed by atoms with Gasteiger partial charge in [-0.15, -0.1) is 0 Å². The van der Waals surface area contributed by atoms with Gasteiger partial charge in [0.15, 0.2) is 17.1 Å². The Kier molecular flexibility index (Phi) is 4.37. The number of hydrogen-bond donors (Lipinski definition) is 0. The molecule has 0 bridgehead atoms. The normalized spacial score (nSPS) is 10.9. The van der Waals surface area contributed by atoms with Crippen molar-refractivity contribution in [1.29, 1.82) is 0 Å². The van der Waals surface area contributed by atoms with Crippen LogP contribution in [0.25, 0.3) is 21.9 Å². The van der Waals surface area contributed by atoms with E-state index in [0.29, 0.717) is 16.7 Å². The highest BCUT2D eigenvalue weighted by Gasteiger charge is 2.19. The molecule has 2 aromatic heterocycles. The van der Waals surface area contributed by atoms with Gasteiger partial charge in [-0.3, -0.25) is 4.98 Å². The second kappa shape index (κ2) is 6.85. The quantitative estimate of drug-likeness (QED) is 0.276. The third-order valence-corrected chi connectivity index (χ3v) is 4.46. The second-order valence-electron chi connectivity index (χ2n) is 5.69. The Bertz CT molecular complexity index is 1240. The number of esters is 1. The molecule has 0 atom stereocenters. The standard InChI is InChI=1S/C20H12BrNO5/c1-25-16-10-13(21)8-12-9-14(20(24)27-18(12)16)19(23)26-15-6-2-4-11-5-3-7-22-17(11)15/h2-10H,1H3. The topological polar surface area (TPSA) is 78.6 Å². The number of ether oxygens (including phenoxy) is 2. The van der Waals surface area contributed by atoms with Crippen LogP contribution in [0.1, 0.15) is 10.4 Å². The zero-order chi connectivity index (χ0) is 19.0. The van der Waals surface area contributed by atoms with E-state index < -0.39 is 11.6 Å². The molecule has 7 heteroatoms. The number of carbonyl (C=O) groups is 1. The molecule has 2 heterocycles. The minimum Gasteiger partial charge on any atom is -0.493 e. The largest absolute Gasteiger partial charge is 0.493 e. The number of aromatic nitrogens is 1. The van der Waals surface area contributed by atoms with Gasteiger partial charge in [0.25, 0.3) is 0 Å². The van der Waals surface area contributed by atoms with Gasteiger partial charge in [-0.1, -0.05) is 34.1 Å². The van der Waals surface area contributed by atoms with Gasteiger partial charge in [0.1, 0.15) is 11.1 Å². The van der Waals surface area contributed by atoms with Crippen LogP contribution in [0.5, 0.6) is 11.5 Å². The molecule has 27 heavy (non-hydrogen) atoms. The van der Waals surface area contributed by atoms with Crippen LogP contribution in [0.4, 0.5) is 0 Å². The fraction of sp³-hybridized carbons (Fsp3) is 0.0500. The number of methoxy groups -OCH3 is 1. The van der Waals surface area contributed by atoms with Crippen molar-refractivity contribution in [2.75, 3.05) is 7.11 Å². The van der Waals surface area contributed by atoms with Gasteiger partial charge >= 0.3 is 11.6 Å². The first-order valence-electron chi connectivity index (χ1n) is 7.94. The first kappa shape index (κ1) is 17.2. The summed E-state index contributed by atoms with van der Waals surface area (Å²) >= 11 is 3.36. The van der Waals surface area contributed by atoms with Gasteiger partial charge in [-0.25, -0.2) is 9.59 Å². The molecular weight excluding hydrogens is 414 g/mol. The lowest BCUT2D eigenvalue weighted by atomic mass is 10.1. The van der Waals surface area contributed by atoms with Crippen molar-refractivity contribution >= 4 is 43.8 Å². The van der Waals surface area contributed by atoms with Crippen molar-refractivity contribution in [3.63, 3.8) is 0 Å². The molecule has 4 aromatic rings. The first-order chi connectivity index (χ1) is 13.1. The maximum Gasteiger partial charge on any atom is 0.351 e. The molecule has 6 nitrogen and oxygen atoms in total. The van der Waals surface area contributed by atoms with E-state index in [-0.39, 0.29) is 16.9 Å². The van der Waals surface area contributed by atoms with Crippen LogP contribution < -0.4 is 15.1 Å². The highest BCUT2D eigenvalue weighted by Crippen LogP contribution is 2.30. The summed E-state index contributed by atoms with van der Waals surface area (Å²) in [5.41, 5.74) is -0.228. The van der Waals surface area contributed by atoms with Crippen LogP contribution in [-0.2, 0) is 0 Å². The molecule has 0 fully saturated rings. The van der Waals surface area contributed by atoms with Crippen molar-refractivity contribution in [2.24, 2.45) is 0 Å². The number of rotatable bonds is 3. The van der Waals surface area contributed by atoms with E-state index in [1.54, 1.807) is 36.5 Å². The molecule has 0 unspecified atom stereocenters. The Labute approximate surface area is 161 Å². The zero-order valence-electron chi connectivity index (χ0n) is 14.1. The SMILES string of the molecule is COc1cc(Br)cc2cc(C(=O)Oc3cccc4cccnc34)c(=O)oc12. The van der Waals surface area contributed by atoms with E-state index >= 15 is 0 Å². The third kappa shape index (κ3) is 3.17. The van der Waals surface area contributed by atoms with Gasteiger partial charge in [0, 0.05) is 21.4 Å². The van der Waals surface area contributed by atoms with Crippen LogP contribution >= 0.6 is 15.9 Å². The van der Waals surface area contributed by atoms with Gasteiger partial charge in [0.05, 0.1) is 7.11 Å². The van der Waals surface area contributed by atoms with Gasteiger partial charge < -0.3 is 13.9 Å². The average molecular weight is 426 g/mol. The van der Waals surface area contributed by atoms with E-state index in [2.05, 4.69) is 20.9 Å². The molecule has 0 radical (unpaired) electrons.